The van der Waals surface area contributed by atoms with Crippen LogP contribution in [0.5, 0.6) is 17.2 Å². The zero-order valence-corrected chi connectivity index (χ0v) is 20.7. The molecule has 9 nitrogen and oxygen atoms in total. The fraction of sp³-hybridized carbons (Fsp3) is 0.423. The van der Waals surface area contributed by atoms with E-state index in [1.807, 2.05) is 43.3 Å². The summed E-state index contributed by atoms with van der Waals surface area (Å²) in [5.74, 6) is 2.01. The fourth-order valence-electron chi connectivity index (χ4n) is 4.52. The van der Waals surface area contributed by atoms with Gasteiger partial charge in [-0.3, -0.25) is 4.79 Å². The Bertz CT molecular complexity index is 1170. The van der Waals surface area contributed by atoms with Crippen LogP contribution in [-0.4, -0.2) is 61.9 Å². The van der Waals surface area contributed by atoms with E-state index in [0.29, 0.717) is 30.0 Å². The number of hydrogen-bond donors (Lipinski definition) is 3. The molecule has 35 heavy (non-hydrogen) atoms. The summed E-state index contributed by atoms with van der Waals surface area (Å²) in [5.41, 5.74) is 1.31. The molecule has 9 heteroatoms. The van der Waals surface area contributed by atoms with Crippen molar-refractivity contribution in [2.75, 3.05) is 45.1 Å². The number of aromatic hydroxyl groups is 1. The highest BCUT2D eigenvalue weighted by Crippen LogP contribution is 2.37. The van der Waals surface area contributed by atoms with Crippen LogP contribution in [0.3, 0.4) is 0 Å². The van der Waals surface area contributed by atoms with Gasteiger partial charge in [0.2, 0.25) is 11.7 Å². The Morgan fingerprint density at radius 1 is 1.06 bits per heavy atom. The number of nitrogens with one attached hydrogen (secondary N) is 2. The Morgan fingerprint density at radius 3 is 2.34 bits per heavy atom. The fourth-order valence-corrected chi connectivity index (χ4v) is 4.52. The van der Waals surface area contributed by atoms with Crippen LogP contribution >= 0.6 is 0 Å². The van der Waals surface area contributed by atoms with Gasteiger partial charge in [0.15, 0.2) is 11.5 Å². The summed E-state index contributed by atoms with van der Waals surface area (Å²) in [5, 5.41) is 17.6. The Kier molecular flexibility index (Phi) is 7.43. The van der Waals surface area contributed by atoms with Crippen LogP contribution in [0, 0.1) is 5.92 Å². The van der Waals surface area contributed by atoms with Gasteiger partial charge in [-0.05, 0) is 55.9 Å². The lowest BCUT2D eigenvalue weighted by atomic mass is 9.86. The zero-order valence-electron chi connectivity index (χ0n) is 20.7. The number of amides is 1. The minimum Gasteiger partial charge on any atom is -0.502 e. The van der Waals surface area contributed by atoms with E-state index in [1.165, 1.54) is 26.4 Å². The first-order chi connectivity index (χ1) is 16.9. The molecule has 0 atom stereocenters. The van der Waals surface area contributed by atoms with Gasteiger partial charge in [-0.2, -0.15) is 4.98 Å². The second-order valence-corrected chi connectivity index (χ2v) is 9.08. The van der Waals surface area contributed by atoms with E-state index in [4.69, 9.17) is 19.4 Å². The minimum atomic E-state index is -0.220. The van der Waals surface area contributed by atoms with Gasteiger partial charge in [0.1, 0.15) is 5.82 Å². The van der Waals surface area contributed by atoms with Crippen molar-refractivity contribution in [3.63, 3.8) is 0 Å². The number of nitrogens with zero attached hydrogens (tertiary/aromatic N) is 3. The average molecular weight is 480 g/mol. The maximum atomic E-state index is 12.7. The number of ether oxygens (including phenoxy) is 2. The van der Waals surface area contributed by atoms with Crippen molar-refractivity contribution in [1.29, 1.82) is 0 Å². The maximum Gasteiger partial charge on any atom is 0.251 e. The third kappa shape index (κ3) is 5.50. The lowest BCUT2D eigenvalue weighted by Gasteiger charge is -2.29. The molecule has 1 aliphatic carbocycles. The maximum absolute atomic E-state index is 12.7. The Balaban J connectivity index is 1.32. The molecule has 0 saturated heterocycles. The first-order valence-corrected chi connectivity index (χ1v) is 11.8. The molecule has 0 aliphatic heterocycles. The van der Waals surface area contributed by atoms with Crippen LogP contribution in [0.25, 0.3) is 10.9 Å². The molecule has 0 unspecified atom stereocenters. The number of para-hydroxylation sites is 1. The molecule has 186 valence electrons. The quantitative estimate of drug-likeness (QED) is 0.447. The molecule has 1 heterocycles. The summed E-state index contributed by atoms with van der Waals surface area (Å²) in [6.07, 6.45) is 3.95. The van der Waals surface area contributed by atoms with E-state index in [9.17, 15) is 9.90 Å². The number of benzene rings is 2. The van der Waals surface area contributed by atoms with Gasteiger partial charge in [0.25, 0.3) is 5.91 Å². The summed E-state index contributed by atoms with van der Waals surface area (Å²) in [6, 6.07) is 11.4. The SMILES string of the molecule is COc1cc(C(=O)NCC2CCC(Nc3nc(N(C)C)c4ccccc4n3)CC2)cc(OC)c1O. The number of methoxy groups -OCH3 is 2. The molecule has 1 fully saturated rings. The number of rotatable bonds is 8. The monoisotopic (exact) mass is 479 g/mol. The summed E-state index contributed by atoms with van der Waals surface area (Å²) >= 11 is 0. The molecule has 0 bridgehead atoms. The van der Waals surface area contributed by atoms with Gasteiger partial charge in [0, 0.05) is 37.6 Å². The number of carbonyl (C=O) groups excluding carboxylic acids is 1. The van der Waals surface area contributed by atoms with Crippen LogP contribution in [0.1, 0.15) is 36.0 Å². The molecular weight excluding hydrogens is 446 g/mol. The van der Waals surface area contributed by atoms with E-state index < -0.39 is 0 Å². The van der Waals surface area contributed by atoms with Crippen molar-refractivity contribution in [2.24, 2.45) is 5.92 Å². The predicted octanol–water partition coefficient (Wildman–Crippen LogP) is 3.82. The van der Waals surface area contributed by atoms with E-state index in [1.54, 1.807) is 0 Å². The molecule has 4 rings (SSSR count). The Labute approximate surface area is 205 Å². The van der Waals surface area contributed by atoms with Crippen molar-refractivity contribution in [3.8, 4) is 17.2 Å². The third-order valence-corrected chi connectivity index (χ3v) is 6.48. The standard InChI is InChI=1S/C26H33N5O4/c1-31(2)24-19-7-5-6-8-20(19)29-26(30-24)28-18-11-9-16(10-12-18)15-27-25(33)17-13-21(34-3)23(32)22(14-17)35-4/h5-8,13-14,16,18,32H,9-12,15H2,1-4H3,(H,27,33)(H,28,29,30). The largest absolute Gasteiger partial charge is 0.502 e. The van der Waals surface area contributed by atoms with E-state index >= 15 is 0 Å². The molecule has 1 saturated carbocycles. The summed E-state index contributed by atoms with van der Waals surface area (Å²) < 4.78 is 10.3. The summed E-state index contributed by atoms with van der Waals surface area (Å²) in [4.78, 5) is 24.2. The van der Waals surface area contributed by atoms with Gasteiger partial charge in [-0.1, -0.05) is 12.1 Å². The van der Waals surface area contributed by atoms with Crippen LogP contribution in [0.2, 0.25) is 0 Å². The molecule has 1 aromatic heterocycles. The molecule has 3 N–H and O–H groups in total. The number of aromatic nitrogens is 2. The van der Waals surface area contributed by atoms with Gasteiger partial charge in [-0.25, -0.2) is 4.98 Å². The number of phenols is 1. The number of anilines is 2. The van der Waals surface area contributed by atoms with Crippen LogP contribution < -0.4 is 25.0 Å². The second-order valence-electron chi connectivity index (χ2n) is 9.08. The van der Waals surface area contributed by atoms with Crippen molar-refractivity contribution < 1.29 is 19.4 Å². The normalized spacial score (nSPS) is 17.6. The summed E-state index contributed by atoms with van der Waals surface area (Å²) in [7, 11) is 6.85. The third-order valence-electron chi connectivity index (χ3n) is 6.48. The molecule has 3 aromatic rings. The van der Waals surface area contributed by atoms with Gasteiger partial charge in [0.05, 0.1) is 19.7 Å². The van der Waals surface area contributed by atoms with E-state index in [0.717, 1.165) is 42.4 Å². The van der Waals surface area contributed by atoms with Crippen LogP contribution in [-0.2, 0) is 0 Å². The van der Waals surface area contributed by atoms with Crippen LogP contribution in [0.4, 0.5) is 11.8 Å². The second kappa shape index (κ2) is 10.7. The lowest BCUT2D eigenvalue weighted by Crippen LogP contribution is -2.34. The number of fused-ring (bicyclic) bond motifs is 1. The molecule has 2 aromatic carbocycles. The topological polar surface area (TPSA) is 109 Å². The van der Waals surface area contributed by atoms with Crippen LogP contribution in [0.15, 0.2) is 36.4 Å². The predicted molar refractivity (Wildman–Crippen MR) is 137 cm³/mol. The van der Waals surface area contributed by atoms with Gasteiger partial charge < -0.3 is 30.1 Å². The molecular formula is C26H33N5O4. The lowest BCUT2D eigenvalue weighted by molar-refractivity contribution is 0.0942. The zero-order chi connectivity index (χ0) is 24.9. The smallest absolute Gasteiger partial charge is 0.251 e. The van der Waals surface area contributed by atoms with Crippen molar-refractivity contribution in [2.45, 2.75) is 31.7 Å². The highest BCUT2D eigenvalue weighted by Gasteiger charge is 2.23. The number of hydrogen-bond acceptors (Lipinski definition) is 8. The van der Waals surface area contributed by atoms with Crippen molar-refractivity contribution >= 4 is 28.6 Å². The van der Waals surface area contributed by atoms with Crippen molar-refractivity contribution in [3.05, 3.63) is 42.0 Å². The Morgan fingerprint density at radius 2 is 1.71 bits per heavy atom. The molecule has 1 amide bonds. The van der Waals surface area contributed by atoms with Gasteiger partial charge in [-0.15, -0.1) is 0 Å². The number of phenolic OH excluding ortho intramolecular Hbond substituents is 1. The van der Waals surface area contributed by atoms with E-state index in [-0.39, 0.29) is 23.2 Å². The summed E-state index contributed by atoms with van der Waals surface area (Å²) in [6.45, 7) is 0.592. The Hall–Kier alpha value is -3.75. The first kappa shape index (κ1) is 24.4. The molecule has 1 aliphatic rings. The van der Waals surface area contributed by atoms with Gasteiger partial charge >= 0.3 is 0 Å². The first-order valence-electron chi connectivity index (χ1n) is 11.8. The molecule has 0 radical (unpaired) electrons. The minimum absolute atomic E-state index is 0.120. The molecule has 0 spiro atoms. The van der Waals surface area contributed by atoms with E-state index in [2.05, 4.69) is 10.6 Å². The number of carbonyl (C=O) groups is 1. The van der Waals surface area contributed by atoms with Crippen molar-refractivity contribution in [1.82, 2.24) is 15.3 Å². The highest BCUT2D eigenvalue weighted by atomic mass is 16.5. The average Bonchev–Trinajstić information content (AvgIpc) is 2.87. The highest BCUT2D eigenvalue weighted by molar-refractivity contribution is 5.95.